The summed E-state index contributed by atoms with van der Waals surface area (Å²) in [4.78, 5) is 34.0. The molecule has 1 N–H and O–H groups in total. The number of aryl methyl sites for hydroxylation is 2. The molecule has 5 rings (SSSR count). The van der Waals surface area contributed by atoms with Crippen molar-refractivity contribution in [3.05, 3.63) is 65.9 Å². The van der Waals surface area contributed by atoms with Gasteiger partial charge in [-0.05, 0) is 83.6 Å². The van der Waals surface area contributed by atoms with E-state index in [1.807, 2.05) is 36.4 Å². The van der Waals surface area contributed by atoms with Crippen LogP contribution >= 0.6 is 50.4 Å². The predicted octanol–water partition coefficient (Wildman–Crippen LogP) is 5.40. The molecule has 35 heavy (non-hydrogen) atoms. The van der Waals surface area contributed by atoms with Gasteiger partial charge in [-0.15, -0.1) is 22.7 Å². The van der Waals surface area contributed by atoms with E-state index < -0.39 is 0 Å². The highest BCUT2D eigenvalue weighted by atomic mass is 79.9. The van der Waals surface area contributed by atoms with E-state index in [1.54, 1.807) is 29.2 Å². The topological polar surface area (TPSA) is 85.6 Å². The van der Waals surface area contributed by atoms with Crippen molar-refractivity contribution in [3.8, 4) is 11.4 Å². The number of halogens is 1. The van der Waals surface area contributed by atoms with Crippen LogP contribution in [0.3, 0.4) is 0 Å². The van der Waals surface area contributed by atoms with Crippen LogP contribution in [0, 0.1) is 0 Å². The molecule has 0 bridgehead atoms. The third-order valence-corrected chi connectivity index (χ3v) is 9.28. The third kappa shape index (κ3) is 5.23. The number of carbonyl (C=O) groups is 1. The molecule has 0 saturated carbocycles. The van der Waals surface area contributed by atoms with E-state index in [0.29, 0.717) is 22.0 Å². The molecule has 1 amide bonds. The fraction of sp³-hybridized carbons (Fsp3) is 0.250. The number of thioether (sulfide) groups is 1. The second-order valence-corrected chi connectivity index (χ2v) is 12.4. The maximum absolute atomic E-state index is 13.8. The number of nitrogens with zero attached hydrogens (tertiary/aromatic N) is 3. The minimum atomic E-state index is -0.275. The molecular formula is C24H21BrN4O3S3. The van der Waals surface area contributed by atoms with Gasteiger partial charge in [-0.3, -0.25) is 14.2 Å². The molecule has 3 aromatic heterocycles. The summed E-state index contributed by atoms with van der Waals surface area (Å²) in [7, 11) is 1.60. The van der Waals surface area contributed by atoms with Crippen molar-refractivity contribution in [2.45, 2.75) is 30.8 Å². The molecule has 0 spiro atoms. The molecule has 0 radical (unpaired) electrons. The summed E-state index contributed by atoms with van der Waals surface area (Å²) < 4.78 is 7.87. The average molecular weight is 590 g/mol. The SMILES string of the molecule is COc1ccc(-n2c(SCC(=O)NN=Cc3ccc(Br)s3)nc3sc4c(c3c2=O)CCCC4)cc1. The van der Waals surface area contributed by atoms with E-state index in [1.165, 1.54) is 28.0 Å². The Hall–Kier alpha value is -2.47. The summed E-state index contributed by atoms with van der Waals surface area (Å²) in [6, 6.07) is 11.1. The fourth-order valence-electron chi connectivity index (χ4n) is 3.97. The van der Waals surface area contributed by atoms with Crippen LogP contribution < -0.4 is 15.7 Å². The largest absolute Gasteiger partial charge is 0.497 e. The van der Waals surface area contributed by atoms with E-state index in [-0.39, 0.29) is 17.2 Å². The molecule has 1 aromatic carbocycles. The quantitative estimate of drug-likeness (QED) is 0.135. The van der Waals surface area contributed by atoms with Gasteiger partial charge in [0, 0.05) is 9.75 Å². The Kier molecular flexibility index (Phi) is 7.37. The van der Waals surface area contributed by atoms with Crippen molar-refractivity contribution in [1.82, 2.24) is 15.0 Å². The summed E-state index contributed by atoms with van der Waals surface area (Å²) >= 11 is 7.75. The first-order valence-electron chi connectivity index (χ1n) is 11.0. The number of hydrogen-bond acceptors (Lipinski definition) is 8. The minimum Gasteiger partial charge on any atom is -0.497 e. The van der Waals surface area contributed by atoms with Gasteiger partial charge >= 0.3 is 0 Å². The second-order valence-electron chi connectivity index (χ2n) is 7.85. The number of nitrogens with one attached hydrogen (secondary N) is 1. The molecule has 4 aromatic rings. The van der Waals surface area contributed by atoms with Gasteiger partial charge < -0.3 is 4.74 Å². The number of hydrazone groups is 1. The number of aromatic nitrogens is 2. The van der Waals surface area contributed by atoms with E-state index in [0.717, 1.165) is 44.7 Å². The highest BCUT2D eigenvalue weighted by Gasteiger charge is 2.23. The number of ether oxygens (including phenoxy) is 1. The zero-order chi connectivity index (χ0) is 24.4. The van der Waals surface area contributed by atoms with Crippen molar-refractivity contribution in [2.24, 2.45) is 5.10 Å². The summed E-state index contributed by atoms with van der Waals surface area (Å²) in [5.41, 5.74) is 4.28. The number of amides is 1. The number of carbonyl (C=O) groups excluding carboxylic acids is 1. The van der Waals surface area contributed by atoms with E-state index >= 15 is 0 Å². The molecule has 0 unspecified atom stereocenters. The molecule has 0 aliphatic heterocycles. The lowest BCUT2D eigenvalue weighted by Gasteiger charge is -2.14. The Morgan fingerprint density at radius 2 is 2.03 bits per heavy atom. The third-order valence-electron chi connectivity index (χ3n) is 5.60. The van der Waals surface area contributed by atoms with E-state index in [2.05, 4.69) is 26.5 Å². The van der Waals surface area contributed by atoms with Crippen LogP contribution in [0.2, 0.25) is 0 Å². The lowest BCUT2D eigenvalue weighted by Crippen LogP contribution is -2.24. The monoisotopic (exact) mass is 588 g/mol. The van der Waals surface area contributed by atoms with E-state index in [9.17, 15) is 9.59 Å². The van der Waals surface area contributed by atoms with Gasteiger partial charge in [0.15, 0.2) is 5.16 Å². The highest BCUT2D eigenvalue weighted by molar-refractivity contribution is 9.11. The standard InChI is InChI=1S/C24H21BrN4O3S3/c1-32-15-8-6-14(7-9-15)29-23(31)21-17-4-2-3-5-18(17)35-22(21)27-24(29)33-13-20(30)28-26-12-16-10-11-19(25)34-16/h6-12H,2-5,13H2,1H3,(H,28,30). The van der Waals surface area contributed by atoms with Crippen molar-refractivity contribution in [1.29, 1.82) is 0 Å². The van der Waals surface area contributed by atoms with E-state index in [4.69, 9.17) is 9.72 Å². The van der Waals surface area contributed by atoms with Crippen LogP contribution in [0.4, 0.5) is 0 Å². The number of methoxy groups -OCH3 is 1. The first-order valence-corrected chi connectivity index (χ1v) is 14.4. The smallest absolute Gasteiger partial charge is 0.267 e. The van der Waals surface area contributed by atoms with Crippen LogP contribution in [-0.2, 0) is 17.6 Å². The Labute approximate surface area is 222 Å². The average Bonchev–Trinajstić information content (AvgIpc) is 3.45. The van der Waals surface area contributed by atoms with Crippen LogP contribution in [0.25, 0.3) is 15.9 Å². The zero-order valence-corrected chi connectivity index (χ0v) is 22.8. The molecule has 0 fully saturated rings. The summed E-state index contributed by atoms with van der Waals surface area (Å²) in [6.07, 6.45) is 5.72. The Morgan fingerprint density at radius 3 is 2.77 bits per heavy atom. The molecule has 7 nitrogen and oxygen atoms in total. The number of benzene rings is 1. The summed E-state index contributed by atoms with van der Waals surface area (Å²) in [5.74, 6) is 0.501. The minimum absolute atomic E-state index is 0.0741. The first kappa shape index (κ1) is 24.2. The van der Waals surface area contributed by atoms with Gasteiger partial charge in [0.1, 0.15) is 10.6 Å². The number of rotatable bonds is 7. The summed E-state index contributed by atoms with van der Waals surface area (Å²) in [5, 5.41) is 5.22. The van der Waals surface area contributed by atoms with Gasteiger partial charge in [0.25, 0.3) is 11.5 Å². The number of thiophene rings is 2. The Bertz CT molecular complexity index is 1470. The molecule has 11 heteroatoms. The first-order chi connectivity index (χ1) is 17.0. The molecule has 1 aliphatic rings. The molecule has 1 aliphatic carbocycles. The van der Waals surface area contributed by atoms with Gasteiger partial charge in [-0.2, -0.15) is 5.10 Å². The van der Waals surface area contributed by atoms with Crippen LogP contribution in [0.5, 0.6) is 5.75 Å². The maximum Gasteiger partial charge on any atom is 0.267 e. The van der Waals surface area contributed by atoms with Crippen LogP contribution in [-0.4, -0.2) is 34.5 Å². The fourth-order valence-corrected chi connectivity index (χ4v) is 7.37. The highest BCUT2D eigenvalue weighted by Crippen LogP contribution is 2.35. The molecule has 3 heterocycles. The number of fused-ring (bicyclic) bond motifs is 3. The van der Waals surface area contributed by atoms with Gasteiger partial charge in [-0.1, -0.05) is 11.8 Å². The van der Waals surface area contributed by atoms with Gasteiger partial charge in [0.05, 0.1) is 33.9 Å². The van der Waals surface area contributed by atoms with Crippen molar-refractivity contribution in [2.75, 3.05) is 12.9 Å². The number of hydrogen-bond donors (Lipinski definition) is 1. The zero-order valence-electron chi connectivity index (χ0n) is 18.7. The maximum atomic E-state index is 13.8. The Balaban J connectivity index is 1.45. The van der Waals surface area contributed by atoms with Crippen LogP contribution in [0.15, 0.2) is 55.2 Å². The van der Waals surface area contributed by atoms with Crippen molar-refractivity contribution < 1.29 is 9.53 Å². The Morgan fingerprint density at radius 1 is 1.23 bits per heavy atom. The van der Waals surface area contributed by atoms with Crippen molar-refractivity contribution in [3.63, 3.8) is 0 Å². The molecule has 0 saturated heterocycles. The van der Waals surface area contributed by atoms with Gasteiger partial charge in [0.2, 0.25) is 0 Å². The summed E-state index contributed by atoms with van der Waals surface area (Å²) in [6.45, 7) is 0. The molecular weight excluding hydrogens is 568 g/mol. The lowest BCUT2D eigenvalue weighted by molar-refractivity contribution is -0.118. The lowest BCUT2D eigenvalue weighted by atomic mass is 9.97. The van der Waals surface area contributed by atoms with Crippen LogP contribution in [0.1, 0.15) is 28.2 Å². The van der Waals surface area contributed by atoms with Crippen molar-refractivity contribution >= 4 is 72.7 Å². The molecule has 0 atom stereocenters. The predicted molar refractivity (Wildman–Crippen MR) is 147 cm³/mol. The second kappa shape index (κ2) is 10.7. The molecule has 180 valence electrons. The van der Waals surface area contributed by atoms with Gasteiger partial charge in [-0.25, -0.2) is 10.4 Å². The normalized spacial score (nSPS) is 13.3.